The number of amides is 1. The van der Waals surface area contributed by atoms with Crippen LogP contribution in [-0.4, -0.2) is 32.8 Å². The topological polar surface area (TPSA) is 37.4 Å². The second-order valence-electron chi connectivity index (χ2n) is 4.51. The van der Waals surface area contributed by atoms with Crippen LogP contribution >= 0.6 is 46.4 Å². The molecule has 1 heterocycles. The van der Waals surface area contributed by atoms with Crippen LogP contribution in [0.1, 0.15) is 21.5 Å². The highest BCUT2D eigenvalue weighted by Gasteiger charge is 2.36. The standard InChI is InChI=1S/C13H11Cl4NO2/c14-6-11(19)9-2-1-8-3-4-18(7-10(8)5-9)12(20)13(15,16)17/h1-2,5H,3-4,6-7H2. The van der Waals surface area contributed by atoms with Crippen LogP contribution in [-0.2, 0) is 17.8 Å². The van der Waals surface area contributed by atoms with Crippen molar-refractivity contribution < 1.29 is 9.59 Å². The van der Waals surface area contributed by atoms with E-state index >= 15 is 0 Å². The maximum atomic E-state index is 11.9. The smallest absolute Gasteiger partial charge is 0.275 e. The Balaban J connectivity index is 2.24. The second-order valence-corrected chi connectivity index (χ2v) is 7.06. The molecule has 1 amide bonds. The molecule has 0 saturated heterocycles. The minimum Gasteiger partial charge on any atom is -0.334 e. The normalized spacial score (nSPS) is 14.9. The van der Waals surface area contributed by atoms with Gasteiger partial charge in [-0.1, -0.05) is 46.9 Å². The Kier molecular flexibility index (Phi) is 4.85. The molecule has 0 aliphatic carbocycles. The molecule has 0 bridgehead atoms. The van der Waals surface area contributed by atoms with Crippen molar-refractivity contribution in [2.24, 2.45) is 0 Å². The largest absolute Gasteiger partial charge is 0.334 e. The highest BCUT2D eigenvalue weighted by Crippen LogP contribution is 2.31. The van der Waals surface area contributed by atoms with E-state index in [4.69, 9.17) is 46.4 Å². The van der Waals surface area contributed by atoms with Gasteiger partial charge in [0.05, 0.1) is 5.88 Å². The first-order chi connectivity index (χ1) is 9.32. The fraction of sp³-hybridized carbons (Fsp3) is 0.385. The number of halogens is 4. The molecular weight excluding hydrogens is 344 g/mol. The van der Waals surface area contributed by atoms with Gasteiger partial charge in [0.2, 0.25) is 0 Å². The predicted octanol–water partition coefficient (Wildman–Crippen LogP) is 3.36. The first kappa shape index (κ1) is 15.9. The third kappa shape index (κ3) is 3.40. The molecule has 1 aromatic carbocycles. The van der Waals surface area contributed by atoms with Crippen molar-refractivity contribution in [3.63, 3.8) is 0 Å². The molecule has 0 fully saturated rings. The summed E-state index contributed by atoms with van der Waals surface area (Å²) >= 11 is 22.4. The zero-order chi connectivity index (χ0) is 14.9. The summed E-state index contributed by atoms with van der Waals surface area (Å²) in [6.07, 6.45) is 0.664. The van der Waals surface area contributed by atoms with Gasteiger partial charge in [-0.3, -0.25) is 9.59 Å². The van der Waals surface area contributed by atoms with Crippen LogP contribution in [0.4, 0.5) is 0 Å². The number of nitrogens with zero attached hydrogens (tertiary/aromatic N) is 1. The summed E-state index contributed by atoms with van der Waals surface area (Å²) in [6, 6.07) is 5.38. The lowest BCUT2D eigenvalue weighted by Crippen LogP contribution is -2.42. The van der Waals surface area contributed by atoms with Crippen molar-refractivity contribution in [3.8, 4) is 0 Å². The number of alkyl halides is 4. The van der Waals surface area contributed by atoms with E-state index in [-0.39, 0.29) is 11.7 Å². The van der Waals surface area contributed by atoms with Crippen molar-refractivity contribution in [2.75, 3.05) is 12.4 Å². The summed E-state index contributed by atoms with van der Waals surface area (Å²) in [4.78, 5) is 25.0. The number of carbonyl (C=O) groups is 2. The van der Waals surface area contributed by atoms with Crippen molar-refractivity contribution in [1.82, 2.24) is 4.90 Å². The molecule has 0 unspecified atom stereocenters. The zero-order valence-electron chi connectivity index (χ0n) is 10.3. The van der Waals surface area contributed by atoms with Crippen LogP contribution < -0.4 is 0 Å². The number of hydrogen-bond donors (Lipinski definition) is 0. The third-order valence-electron chi connectivity index (χ3n) is 3.19. The monoisotopic (exact) mass is 353 g/mol. The van der Waals surface area contributed by atoms with Crippen molar-refractivity contribution >= 4 is 58.1 Å². The Labute approximate surface area is 136 Å². The van der Waals surface area contributed by atoms with E-state index in [1.165, 1.54) is 4.90 Å². The summed E-state index contributed by atoms with van der Waals surface area (Å²) in [5.74, 6) is -0.781. The summed E-state index contributed by atoms with van der Waals surface area (Å²) in [7, 11) is 0. The van der Waals surface area contributed by atoms with Gasteiger partial charge in [-0.15, -0.1) is 11.6 Å². The number of rotatable bonds is 2. The van der Waals surface area contributed by atoms with E-state index in [2.05, 4.69) is 0 Å². The van der Waals surface area contributed by atoms with E-state index in [1.807, 2.05) is 6.07 Å². The number of ketones is 1. The van der Waals surface area contributed by atoms with E-state index in [1.54, 1.807) is 12.1 Å². The number of fused-ring (bicyclic) bond motifs is 1. The van der Waals surface area contributed by atoms with Crippen molar-refractivity contribution in [3.05, 3.63) is 34.9 Å². The SMILES string of the molecule is O=C(CCl)c1ccc2c(c1)CN(C(=O)C(Cl)(Cl)Cl)CC2. The highest BCUT2D eigenvalue weighted by molar-refractivity contribution is 6.76. The van der Waals surface area contributed by atoms with Crippen LogP contribution in [0.15, 0.2) is 18.2 Å². The Morgan fingerprint density at radius 2 is 1.90 bits per heavy atom. The lowest BCUT2D eigenvalue weighted by Gasteiger charge is -2.31. The number of benzene rings is 1. The fourth-order valence-corrected chi connectivity index (χ4v) is 2.67. The van der Waals surface area contributed by atoms with Crippen molar-refractivity contribution in [2.45, 2.75) is 16.8 Å². The van der Waals surface area contributed by atoms with Gasteiger partial charge in [0.15, 0.2) is 5.78 Å². The lowest BCUT2D eigenvalue weighted by molar-refractivity contribution is -0.131. The summed E-state index contributed by atoms with van der Waals surface area (Å²) in [5, 5.41) is 0. The second kappa shape index (κ2) is 6.10. The Hall–Kier alpha value is -0.480. The molecule has 0 saturated carbocycles. The molecule has 0 spiro atoms. The van der Waals surface area contributed by atoms with Crippen LogP contribution in [0.2, 0.25) is 0 Å². The Morgan fingerprint density at radius 1 is 1.20 bits per heavy atom. The van der Waals surface area contributed by atoms with Gasteiger partial charge in [0.1, 0.15) is 0 Å². The molecule has 20 heavy (non-hydrogen) atoms. The van der Waals surface area contributed by atoms with Crippen LogP contribution in [0.25, 0.3) is 0 Å². The van der Waals surface area contributed by atoms with Gasteiger partial charge in [0.25, 0.3) is 9.70 Å². The van der Waals surface area contributed by atoms with Gasteiger partial charge < -0.3 is 4.90 Å². The van der Waals surface area contributed by atoms with E-state index in [0.29, 0.717) is 25.1 Å². The molecule has 0 atom stereocenters. The molecule has 2 rings (SSSR count). The van der Waals surface area contributed by atoms with Gasteiger partial charge >= 0.3 is 0 Å². The predicted molar refractivity (Wildman–Crippen MR) is 80.9 cm³/mol. The highest BCUT2D eigenvalue weighted by atomic mass is 35.6. The molecule has 108 valence electrons. The lowest BCUT2D eigenvalue weighted by atomic mass is 9.96. The minimum atomic E-state index is -1.96. The summed E-state index contributed by atoms with van der Waals surface area (Å²) in [6.45, 7) is 0.814. The average molecular weight is 355 g/mol. The molecule has 1 aromatic rings. The van der Waals surface area contributed by atoms with Gasteiger partial charge in [-0.2, -0.15) is 0 Å². The quantitative estimate of drug-likeness (QED) is 0.603. The number of hydrogen-bond acceptors (Lipinski definition) is 2. The number of carbonyl (C=O) groups excluding carboxylic acids is 2. The molecular formula is C13H11Cl4NO2. The van der Waals surface area contributed by atoms with Crippen LogP contribution in [0, 0.1) is 0 Å². The van der Waals surface area contributed by atoms with Crippen LogP contribution in [0.5, 0.6) is 0 Å². The van der Waals surface area contributed by atoms with Crippen molar-refractivity contribution in [1.29, 1.82) is 0 Å². The van der Waals surface area contributed by atoms with Crippen LogP contribution in [0.3, 0.4) is 0 Å². The first-order valence-electron chi connectivity index (χ1n) is 5.90. The van der Waals surface area contributed by atoms with E-state index in [0.717, 1.165) is 11.1 Å². The van der Waals surface area contributed by atoms with Gasteiger partial charge in [-0.25, -0.2) is 0 Å². The fourth-order valence-electron chi connectivity index (χ4n) is 2.16. The Morgan fingerprint density at radius 3 is 2.50 bits per heavy atom. The molecule has 0 aromatic heterocycles. The Bertz CT molecular complexity index is 554. The molecule has 1 aliphatic heterocycles. The maximum Gasteiger partial charge on any atom is 0.275 e. The summed E-state index contributed by atoms with van der Waals surface area (Å²) in [5.41, 5.74) is 2.50. The minimum absolute atomic E-state index is 0.0738. The maximum absolute atomic E-state index is 11.9. The number of Topliss-reactive ketones (excluding diaryl/α,β-unsaturated/α-hetero) is 1. The molecule has 1 aliphatic rings. The van der Waals surface area contributed by atoms with E-state index < -0.39 is 9.70 Å². The molecule has 0 N–H and O–H groups in total. The molecule has 7 heteroatoms. The molecule has 0 radical (unpaired) electrons. The third-order valence-corrected chi connectivity index (χ3v) is 3.92. The zero-order valence-corrected chi connectivity index (χ0v) is 13.4. The average Bonchev–Trinajstić information content (AvgIpc) is 2.43. The van der Waals surface area contributed by atoms with Gasteiger partial charge in [0, 0.05) is 18.7 Å². The van der Waals surface area contributed by atoms with E-state index in [9.17, 15) is 9.59 Å². The first-order valence-corrected chi connectivity index (χ1v) is 7.57. The van der Waals surface area contributed by atoms with Gasteiger partial charge in [-0.05, 0) is 23.6 Å². The molecule has 3 nitrogen and oxygen atoms in total. The summed E-state index contributed by atoms with van der Waals surface area (Å²) < 4.78 is -1.96.